The summed E-state index contributed by atoms with van der Waals surface area (Å²) in [5.41, 5.74) is 2.13. The summed E-state index contributed by atoms with van der Waals surface area (Å²) in [6.45, 7) is 0.386. The number of aromatic carboxylic acids is 1. The highest BCUT2D eigenvalue weighted by Crippen LogP contribution is 2.23. The molecular weight excluding hydrogens is 280 g/mol. The van der Waals surface area contributed by atoms with Gasteiger partial charge in [-0.15, -0.1) is 0 Å². The van der Waals surface area contributed by atoms with Crippen LogP contribution in [0.3, 0.4) is 0 Å². The second kappa shape index (κ2) is 5.73. The maximum atomic E-state index is 12.1. The normalized spacial score (nSPS) is 13.9. The van der Waals surface area contributed by atoms with Crippen molar-refractivity contribution in [1.29, 1.82) is 0 Å². The van der Waals surface area contributed by atoms with Crippen molar-refractivity contribution in [2.24, 2.45) is 0 Å². The largest absolute Gasteiger partial charge is 0.478 e. The third kappa shape index (κ3) is 2.69. The Hall–Kier alpha value is -3.08. The molecule has 3 rings (SSSR count). The Morgan fingerprint density at radius 2 is 1.73 bits per heavy atom. The number of rotatable bonds is 4. The fourth-order valence-electron chi connectivity index (χ4n) is 2.37. The Labute approximate surface area is 127 Å². The lowest BCUT2D eigenvalue weighted by Gasteiger charge is -2.17. The number of amides is 1. The lowest BCUT2D eigenvalue weighted by atomic mass is 10.1. The highest BCUT2D eigenvalue weighted by Gasteiger charge is 2.23. The average molecular weight is 294 g/mol. The predicted octanol–water partition coefficient (Wildman–Crippen LogP) is 2.73. The van der Waals surface area contributed by atoms with E-state index >= 15 is 0 Å². The molecule has 0 aromatic heterocycles. The van der Waals surface area contributed by atoms with Crippen molar-refractivity contribution in [3.8, 4) is 0 Å². The Bertz CT molecular complexity index is 754. The molecule has 1 aliphatic rings. The van der Waals surface area contributed by atoms with Gasteiger partial charge in [-0.05, 0) is 24.3 Å². The van der Waals surface area contributed by atoms with Crippen molar-refractivity contribution in [1.82, 2.24) is 0 Å². The smallest absolute Gasteiger partial charge is 0.337 e. The van der Waals surface area contributed by atoms with Gasteiger partial charge in [0.15, 0.2) is 0 Å². The molecule has 0 aliphatic carbocycles. The van der Waals surface area contributed by atoms with E-state index in [-0.39, 0.29) is 11.5 Å². The van der Waals surface area contributed by atoms with Gasteiger partial charge in [0, 0.05) is 17.5 Å². The van der Waals surface area contributed by atoms with E-state index in [0.29, 0.717) is 17.9 Å². The monoisotopic (exact) mass is 294 g/mol. The van der Waals surface area contributed by atoms with E-state index in [2.05, 4.69) is 5.32 Å². The van der Waals surface area contributed by atoms with Gasteiger partial charge in [0.05, 0.1) is 17.8 Å². The van der Waals surface area contributed by atoms with Gasteiger partial charge in [-0.25, -0.2) is 4.79 Å². The quantitative estimate of drug-likeness (QED) is 0.909. The summed E-state index contributed by atoms with van der Waals surface area (Å²) in [5, 5.41) is 12.2. The van der Waals surface area contributed by atoms with E-state index in [9.17, 15) is 14.7 Å². The highest BCUT2D eigenvalue weighted by molar-refractivity contribution is 6.05. The minimum atomic E-state index is -1.01. The summed E-state index contributed by atoms with van der Waals surface area (Å²) < 4.78 is 0. The van der Waals surface area contributed by atoms with Crippen LogP contribution >= 0.6 is 0 Å². The van der Waals surface area contributed by atoms with Crippen molar-refractivity contribution in [3.63, 3.8) is 0 Å². The first-order valence-corrected chi connectivity index (χ1v) is 6.81. The minimum Gasteiger partial charge on any atom is -0.478 e. The maximum Gasteiger partial charge on any atom is 0.337 e. The van der Waals surface area contributed by atoms with Crippen LogP contribution in [0, 0.1) is 0 Å². The molecule has 5 nitrogen and oxygen atoms in total. The number of benzene rings is 2. The standard InChI is InChI=1S/C17H14N2O3/c20-16-10-12(11-19(16)13-6-2-1-3-7-13)18-15-9-5-4-8-14(15)17(21)22/h1-10,18H,11H2,(H,21,22). The van der Waals surface area contributed by atoms with Crippen LogP contribution in [0.15, 0.2) is 66.4 Å². The van der Waals surface area contributed by atoms with Gasteiger partial charge in [0.2, 0.25) is 0 Å². The van der Waals surface area contributed by atoms with Gasteiger partial charge >= 0.3 is 5.97 Å². The summed E-state index contributed by atoms with van der Waals surface area (Å²) in [6.07, 6.45) is 1.49. The SMILES string of the molecule is O=C(O)c1ccccc1NC1=CC(=O)N(c2ccccc2)C1. The molecule has 0 atom stereocenters. The number of hydrogen-bond acceptors (Lipinski definition) is 3. The van der Waals surface area contributed by atoms with E-state index in [1.54, 1.807) is 23.1 Å². The number of carboxylic acid groups (broad SMARTS) is 1. The molecular formula is C17H14N2O3. The molecule has 0 spiro atoms. The van der Waals surface area contributed by atoms with Gasteiger partial charge in [-0.2, -0.15) is 0 Å². The molecule has 0 unspecified atom stereocenters. The fourth-order valence-corrected chi connectivity index (χ4v) is 2.37. The zero-order valence-corrected chi connectivity index (χ0v) is 11.7. The number of carbonyl (C=O) groups excluding carboxylic acids is 1. The van der Waals surface area contributed by atoms with Crippen LogP contribution in [0.1, 0.15) is 10.4 Å². The molecule has 2 N–H and O–H groups in total. The molecule has 22 heavy (non-hydrogen) atoms. The summed E-state index contributed by atoms with van der Waals surface area (Å²) in [4.78, 5) is 24.9. The second-order valence-electron chi connectivity index (χ2n) is 4.91. The first-order chi connectivity index (χ1) is 10.6. The maximum absolute atomic E-state index is 12.1. The zero-order chi connectivity index (χ0) is 15.5. The van der Waals surface area contributed by atoms with Crippen LogP contribution in [-0.4, -0.2) is 23.5 Å². The molecule has 0 bridgehead atoms. The molecule has 110 valence electrons. The summed E-state index contributed by atoms with van der Waals surface area (Å²) in [6, 6.07) is 16.0. The number of carbonyl (C=O) groups is 2. The van der Waals surface area contributed by atoms with Crippen LogP contribution in [0.2, 0.25) is 0 Å². The molecule has 0 saturated heterocycles. The number of anilines is 2. The molecule has 2 aromatic carbocycles. The second-order valence-corrected chi connectivity index (χ2v) is 4.91. The lowest BCUT2D eigenvalue weighted by molar-refractivity contribution is -0.113. The van der Waals surface area contributed by atoms with Crippen molar-refractivity contribution >= 4 is 23.3 Å². The van der Waals surface area contributed by atoms with E-state index in [1.807, 2.05) is 30.3 Å². The van der Waals surface area contributed by atoms with Crippen molar-refractivity contribution in [2.45, 2.75) is 0 Å². The summed E-state index contributed by atoms with van der Waals surface area (Å²) in [7, 11) is 0. The lowest BCUT2D eigenvalue weighted by Crippen LogP contribution is -2.26. The fraction of sp³-hybridized carbons (Fsp3) is 0.0588. The first kappa shape index (κ1) is 13.9. The molecule has 0 saturated carbocycles. The van der Waals surface area contributed by atoms with Crippen LogP contribution in [0.5, 0.6) is 0 Å². The van der Waals surface area contributed by atoms with Gasteiger partial charge in [0.1, 0.15) is 0 Å². The average Bonchev–Trinajstić information content (AvgIpc) is 2.89. The number of nitrogens with zero attached hydrogens (tertiary/aromatic N) is 1. The Morgan fingerprint density at radius 1 is 1.05 bits per heavy atom. The molecule has 1 heterocycles. The third-order valence-corrected chi connectivity index (χ3v) is 3.41. The van der Waals surface area contributed by atoms with Crippen LogP contribution in [0.25, 0.3) is 0 Å². The van der Waals surface area contributed by atoms with Gasteiger partial charge < -0.3 is 15.3 Å². The molecule has 2 aromatic rings. The van der Waals surface area contributed by atoms with E-state index in [4.69, 9.17) is 0 Å². The van der Waals surface area contributed by atoms with E-state index in [0.717, 1.165) is 5.69 Å². The molecule has 1 amide bonds. The third-order valence-electron chi connectivity index (χ3n) is 3.41. The van der Waals surface area contributed by atoms with Crippen molar-refractivity contribution in [2.75, 3.05) is 16.8 Å². The number of hydrogen-bond donors (Lipinski definition) is 2. The van der Waals surface area contributed by atoms with Gasteiger partial charge in [0.25, 0.3) is 5.91 Å². The summed E-state index contributed by atoms with van der Waals surface area (Å²) in [5.74, 6) is -1.13. The minimum absolute atomic E-state index is 0.124. The number of para-hydroxylation sites is 2. The number of nitrogens with one attached hydrogen (secondary N) is 1. The Balaban J connectivity index is 1.80. The number of carboxylic acids is 1. The Kier molecular flexibility index (Phi) is 3.62. The van der Waals surface area contributed by atoms with Gasteiger partial charge in [-0.1, -0.05) is 30.3 Å². The summed E-state index contributed by atoms with van der Waals surface area (Å²) >= 11 is 0. The van der Waals surface area contributed by atoms with Crippen LogP contribution < -0.4 is 10.2 Å². The van der Waals surface area contributed by atoms with Gasteiger partial charge in [-0.3, -0.25) is 4.79 Å². The van der Waals surface area contributed by atoms with Crippen LogP contribution in [0.4, 0.5) is 11.4 Å². The molecule has 1 aliphatic heterocycles. The van der Waals surface area contributed by atoms with Crippen molar-refractivity contribution in [3.05, 3.63) is 71.9 Å². The van der Waals surface area contributed by atoms with E-state index in [1.165, 1.54) is 12.1 Å². The molecule has 0 radical (unpaired) electrons. The van der Waals surface area contributed by atoms with Crippen molar-refractivity contribution < 1.29 is 14.7 Å². The molecule has 0 fully saturated rings. The Morgan fingerprint density at radius 3 is 2.45 bits per heavy atom. The zero-order valence-electron chi connectivity index (χ0n) is 11.7. The van der Waals surface area contributed by atoms with Crippen LogP contribution in [-0.2, 0) is 4.79 Å². The van der Waals surface area contributed by atoms with E-state index < -0.39 is 5.97 Å². The predicted molar refractivity (Wildman–Crippen MR) is 83.9 cm³/mol. The topological polar surface area (TPSA) is 69.6 Å². The highest BCUT2D eigenvalue weighted by atomic mass is 16.4. The first-order valence-electron chi connectivity index (χ1n) is 6.81. The molecule has 5 heteroatoms.